The first kappa shape index (κ1) is 24.2. The molecule has 0 fully saturated rings. The summed E-state index contributed by atoms with van der Waals surface area (Å²) in [6.07, 6.45) is 3.75. The number of aryl methyl sites for hydroxylation is 1. The second-order valence-corrected chi connectivity index (χ2v) is 7.68. The summed E-state index contributed by atoms with van der Waals surface area (Å²) < 4.78 is 26.4. The zero-order chi connectivity index (χ0) is 23.8. The molecule has 0 N–H and O–H groups in total. The number of esters is 2. The normalized spacial score (nSPS) is 12.2. The van der Waals surface area contributed by atoms with Gasteiger partial charge in [0.15, 0.2) is 0 Å². The van der Waals surface area contributed by atoms with E-state index in [1.807, 2.05) is 37.3 Å². The predicted molar refractivity (Wildman–Crippen MR) is 128 cm³/mol. The van der Waals surface area contributed by atoms with Gasteiger partial charge in [0.1, 0.15) is 11.9 Å². The largest absolute Gasteiger partial charge is 0.466 e. The molecule has 1 aromatic heterocycles. The first-order chi connectivity index (χ1) is 16.0. The van der Waals surface area contributed by atoms with Crippen molar-refractivity contribution >= 4 is 28.9 Å². The molecule has 6 heteroatoms. The van der Waals surface area contributed by atoms with Crippen LogP contribution in [0, 0.1) is 5.82 Å². The summed E-state index contributed by atoms with van der Waals surface area (Å²) in [5, 5.41) is 1.04. The minimum absolute atomic E-state index is 0.0575. The van der Waals surface area contributed by atoms with Crippen LogP contribution in [0.4, 0.5) is 4.39 Å². The van der Waals surface area contributed by atoms with Crippen LogP contribution in [0.5, 0.6) is 0 Å². The molecule has 5 nitrogen and oxygen atoms in total. The topological polar surface area (TPSA) is 57.5 Å². The lowest BCUT2D eigenvalue weighted by molar-refractivity contribution is -0.152. The van der Waals surface area contributed by atoms with Gasteiger partial charge in [0.05, 0.1) is 13.0 Å². The fourth-order valence-electron chi connectivity index (χ4n) is 3.92. The number of carbonyl (C=O) groups excluding carboxylic acids is 2. The van der Waals surface area contributed by atoms with Crippen LogP contribution in [0.25, 0.3) is 28.1 Å². The number of hydrogen-bond donors (Lipinski definition) is 0. The second kappa shape index (κ2) is 11.5. The van der Waals surface area contributed by atoms with Crippen LogP contribution in [0.2, 0.25) is 0 Å². The molecule has 3 rings (SSSR count). The lowest BCUT2D eigenvalue weighted by Crippen LogP contribution is -2.21. The summed E-state index contributed by atoms with van der Waals surface area (Å²) in [4.78, 5) is 24.2. The van der Waals surface area contributed by atoms with E-state index in [1.165, 1.54) is 12.1 Å². The quantitative estimate of drug-likeness (QED) is 0.347. The molecule has 0 unspecified atom stereocenters. The van der Waals surface area contributed by atoms with Gasteiger partial charge in [0.2, 0.25) is 0 Å². The molecule has 1 atom stereocenters. The number of benzene rings is 2. The highest BCUT2D eigenvalue weighted by molar-refractivity contribution is 6.00. The molecule has 3 aromatic rings. The smallest absolute Gasteiger partial charge is 0.309 e. The van der Waals surface area contributed by atoms with Gasteiger partial charge in [0, 0.05) is 35.1 Å². The van der Waals surface area contributed by atoms with Crippen LogP contribution in [0.1, 0.15) is 45.7 Å². The van der Waals surface area contributed by atoms with E-state index in [0.717, 1.165) is 27.7 Å². The first-order valence-corrected chi connectivity index (χ1v) is 11.4. The number of halogens is 1. The van der Waals surface area contributed by atoms with Gasteiger partial charge in [-0.3, -0.25) is 9.59 Å². The highest BCUT2D eigenvalue weighted by Gasteiger charge is 2.19. The van der Waals surface area contributed by atoms with E-state index >= 15 is 0 Å². The van der Waals surface area contributed by atoms with Gasteiger partial charge in [-0.05, 0) is 56.2 Å². The standard InChI is InChI=1S/C27H30FNO4/c1-4-9-25(30)33-21(18-26(31)32-6-3)16-17-24-27(19-12-14-20(28)15-13-19)22-10-7-8-11-23(22)29(24)5-2/h7-8,10-17,21H,4-6,9,18H2,1-3H3/b17-16+/t21-/m1/s1. The number of ether oxygens (including phenoxy) is 2. The number of carbonyl (C=O) groups is 2. The summed E-state index contributed by atoms with van der Waals surface area (Å²) in [7, 11) is 0. The Morgan fingerprint density at radius 2 is 1.76 bits per heavy atom. The number of rotatable bonds is 10. The van der Waals surface area contributed by atoms with Crippen molar-refractivity contribution in [1.29, 1.82) is 0 Å². The van der Waals surface area contributed by atoms with Crippen molar-refractivity contribution in [3.8, 4) is 11.1 Å². The number of para-hydroxylation sites is 1. The van der Waals surface area contributed by atoms with Gasteiger partial charge >= 0.3 is 11.9 Å². The second-order valence-electron chi connectivity index (χ2n) is 7.68. The maximum absolute atomic E-state index is 13.6. The Morgan fingerprint density at radius 3 is 2.42 bits per heavy atom. The Kier molecular flexibility index (Phi) is 8.41. The molecular weight excluding hydrogens is 421 g/mol. The van der Waals surface area contributed by atoms with Crippen molar-refractivity contribution in [2.45, 2.75) is 52.7 Å². The lowest BCUT2D eigenvalue weighted by atomic mass is 10.0. The molecule has 0 spiro atoms. The Labute approximate surface area is 193 Å². The highest BCUT2D eigenvalue weighted by atomic mass is 19.1. The third-order valence-electron chi connectivity index (χ3n) is 5.34. The third kappa shape index (κ3) is 5.89. The molecule has 0 aliphatic heterocycles. The van der Waals surface area contributed by atoms with Crippen molar-refractivity contribution in [2.75, 3.05) is 6.61 Å². The van der Waals surface area contributed by atoms with E-state index in [-0.39, 0.29) is 31.2 Å². The molecule has 1 heterocycles. The number of fused-ring (bicyclic) bond motifs is 1. The van der Waals surface area contributed by atoms with Crippen LogP contribution in [0.3, 0.4) is 0 Å². The molecule has 2 aromatic carbocycles. The van der Waals surface area contributed by atoms with E-state index < -0.39 is 12.1 Å². The third-order valence-corrected chi connectivity index (χ3v) is 5.34. The van der Waals surface area contributed by atoms with Crippen LogP contribution in [-0.2, 0) is 25.6 Å². The van der Waals surface area contributed by atoms with Gasteiger partial charge in [-0.15, -0.1) is 0 Å². The van der Waals surface area contributed by atoms with Crippen molar-refractivity contribution in [1.82, 2.24) is 4.57 Å². The predicted octanol–water partition coefficient (Wildman–Crippen LogP) is 6.15. The number of aromatic nitrogens is 1. The van der Waals surface area contributed by atoms with Gasteiger partial charge in [-0.2, -0.15) is 0 Å². The number of hydrogen-bond acceptors (Lipinski definition) is 4. The molecule has 0 aliphatic rings. The molecule has 0 saturated heterocycles. The van der Waals surface area contributed by atoms with E-state index in [0.29, 0.717) is 13.0 Å². The Morgan fingerprint density at radius 1 is 1.03 bits per heavy atom. The molecule has 174 valence electrons. The van der Waals surface area contributed by atoms with Crippen LogP contribution < -0.4 is 0 Å². The summed E-state index contributed by atoms with van der Waals surface area (Å²) in [5.41, 5.74) is 3.78. The van der Waals surface area contributed by atoms with Crippen molar-refractivity contribution < 1.29 is 23.5 Å². The Hall–Kier alpha value is -3.41. The average Bonchev–Trinajstić information content (AvgIpc) is 3.11. The molecule has 0 radical (unpaired) electrons. The molecular formula is C27H30FNO4. The fourth-order valence-corrected chi connectivity index (χ4v) is 3.92. The fraction of sp³-hybridized carbons (Fsp3) is 0.333. The van der Waals surface area contributed by atoms with Crippen LogP contribution in [-0.4, -0.2) is 29.2 Å². The highest BCUT2D eigenvalue weighted by Crippen LogP contribution is 2.36. The molecule has 0 amide bonds. The van der Waals surface area contributed by atoms with E-state index in [9.17, 15) is 14.0 Å². The summed E-state index contributed by atoms with van der Waals surface area (Å²) >= 11 is 0. The Bertz CT molecular complexity index is 1110. The SMILES string of the molecule is CCCC(=O)O[C@H](/C=C/c1c(-c2ccc(F)cc2)c2ccccc2n1CC)CC(=O)OCC. The summed E-state index contributed by atoms with van der Waals surface area (Å²) in [5.74, 6) is -1.08. The minimum atomic E-state index is -0.743. The van der Waals surface area contributed by atoms with Crippen LogP contribution >= 0.6 is 0 Å². The van der Waals surface area contributed by atoms with Gasteiger partial charge in [-0.1, -0.05) is 37.3 Å². The van der Waals surface area contributed by atoms with E-state index in [2.05, 4.69) is 11.5 Å². The monoisotopic (exact) mass is 451 g/mol. The summed E-state index contributed by atoms with van der Waals surface area (Å²) in [6, 6.07) is 14.4. The maximum atomic E-state index is 13.6. The van der Waals surface area contributed by atoms with Gasteiger partial charge < -0.3 is 14.0 Å². The maximum Gasteiger partial charge on any atom is 0.309 e. The molecule has 0 bridgehead atoms. The molecule has 0 aliphatic carbocycles. The first-order valence-electron chi connectivity index (χ1n) is 11.4. The minimum Gasteiger partial charge on any atom is -0.466 e. The lowest BCUT2D eigenvalue weighted by Gasteiger charge is -2.14. The Balaban J connectivity index is 2.07. The van der Waals surface area contributed by atoms with E-state index in [4.69, 9.17) is 9.47 Å². The average molecular weight is 452 g/mol. The van der Waals surface area contributed by atoms with Gasteiger partial charge in [-0.25, -0.2) is 4.39 Å². The summed E-state index contributed by atoms with van der Waals surface area (Å²) in [6.45, 7) is 6.65. The zero-order valence-electron chi connectivity index (χ0n) is 19.3. The van der Waals surface area contributed by atoms with Gasteiger partial charge in [0.25, 0.3) is 0 Å². The molecule has 33 heavy (non-hydrogen) atoms. The van der Waals surface area contributed by atoms with Crippen molar-refractivity contribution in [3.05, 3.63) is 66.1 Å². The number of nitrogens with zero attached hydrogens (tertiary/aromatic N) is 1. The van der Waals surface area contributed by atoms with Crippen LogP contribution in [0.15, 0.2) is 54.6 Å². The zero-order valence-corrected chi connectivity index (χ0v) is 19.3. The molecule has 0 saturated carbocycles. The van der Waals surface area contributed by atoms with E-state index in [1.54, 1.807) is 25.1 Å². The van der Waals surface area contributed by atoms with Crippen molar-refractivity contribution in [2.24, 2.45) is 0 Å². The van der Waals surface area contributed by atoms with Crippen molar-refractivity contribution in [3.63, 3.8) is 0 Å².